The van der Waals surface area contributed by atoms with Gasteiger partial charge in [-0.3, -0.25) is 24.0 Å². The zero-order chi connectivity index (χ0) is 24.1. The number of carbonyl (C=O) groups is 6. The molecule has 0 spiro atoms. The normalized spacial score (nSPS) is 14.4. The Morgan fingerprint density at radius 1 is 0.903 bits per heavy atom. The Balaban J connectivity index is 5.08. The third kappa shape index (κ3) is 11.8. The van der Waals surface area contributed by atoms with Gasteiger partial charge in [-0.25, -0.2) is 4.79 Å². The van der Waals surface area contributed by atoms with Crippen molar-refractivity contribution in [2.45, 2.75) is 56.8 Å². The van der Waals surface area contributed by atoms with Crippen LogP contribution in [0.2, 0.25) is 0 Å². The van der Waals surface area contributed by atoms with Crippen LogP contribution in [0, 0.1) is 0 Å². The second-order valence-electron chi connectivity index (χ2n) is 6.68. The number of carbonyl (C=O) groups excluding carboxylic acids is 4. The maximum absolute atomic E-state index is 12.5. The molecule has 31 heavy (non-hydrogen) atoms. The van der Waals surface area contributed by atoms with E-state index in [1.165, 1.54) is 18.7 Å². The maximum atomic E-state index is 12.5. The average molecular weight is 464 g/mol. The topological polar surface area (TPSA) is 231 Å². The van der Waals surface area contributed by atoms with Crippen LogP contribution < -0.4 is 27.4 Å². The molecular weight excluding hydrogens is 434 g/mol. The Morgan fingerprint density at radius 3 is 1.97 bits per heavy atom. The van der Waals surface area contributed by atoms with Gasteiger partial charge in [-0.05, 0) is 31.8 Å². The van der Waals surface area contributed by atoms with Gasteiger partial charge < -0.3 is 37.6 Å². The monoisotopic (exact) mass is 463 g/mol. The van der Waals surface area contributed by atoms with Crippen molar-refractivity contribution < 1.29 is 39.0 Å². The SMILES string of the molecule is CSCCC(NC(=O)C(C)NC(=O)C(N)CC(=O)O)C(=O)NC(CCC(N)=O)C(=O)O. The van der Waals surface area contributed by atoms with Crippen LogP contribution in [0.15, 0.2) is 0 Å². The number of amides is 4. The smallest absolute Gasteiger partial charge is 0.326 e. The van der Waals surface area contributed by atoms with Crippen molar-refractivity contribution >= 4 is 47.3 Å². The zero-order valence-corrected chi connectivity index (χ0v) is 18.1. The molecule has 0 heterocycles. The Labute approximate surface area is 183 Å². The van der Waals surface area contributed by atoms with Crippen molar-refractivity contribution in [3.63, 3.8) is 0 Å². The lowest BCUT2D eigenvalue weighted by Crippen LogP contribution is -2.56. The molecule has 0 radical (unpaired) electrons. The van der Waals surface area contributed by atoms with Gasteiger partial charge in [-0.1, -0.05) is 0 Å². The lowest BCUT2D eigenvalue weighted by Gasteiger charge is -2.23. The fourth-order valence-corrected chi connectivity index (χ4v) is 2.76. The van der Waals surface area contributed by atoms with Crippen LogP contribution in [-0.2, 0) is 28.8 Å². The minimum atomic E-state index is -1.38. The Bertz CT molecular complexity index is 689. The van der Waals surface area contributed by atoms with Gasteiger partial charge in [0, 0.05) is 6.42 Å². The largest absolute Gasteiger partial charge is 0.481 e. The number of nitrogens with one attached hydrogen (secondary N) is 3. The van der Waals surface area contributed by atoms with Crippen LogP contribution in [0.4, 0.5) is 0 Å². The first kappa shape index (κ1) is 28.1. The predicted octanol–water partition coefficient (Wildman–Crippen LogP) is -2.63. The number of carboxylic acid groups (broad SMARTS) is 2. The molecule has 0 rings (SSSR count). The zero-order valence-electron chi connectivity index (χ0n) is 17.3. The van der Waals surface area contributed by atoms with Gasteiger partial charge in [-0.15, -0.1) is 0 Å². The van der Waals surface area contributed by atoms with Crippen molar-refractivity contribution in [3.05, 3.63) is 0 Å². The summed E-state index contributed by atoms with van der Waals surface area (Å²) in [5.74, 6) is -5.29. The van der Waals surface area contributed by atoms with Crippen LogP contribution in [0.25, 0.3) is 0 Å². The fraction of sp³-hybridized carbons (Fsp3) is 0.647. The Kier molecular flexibility index (Phi) is 12.9. The summed E-state index contributed by atoms with van der Waals surface area (Å²) < 4.78 is 0. The van der Waals surface area contributed by atoms with Gasteiger partial charge in [0.05, 0.1) is 12.5 Å². The second-order valence-corrected chi connectivity index (χ2v) is 7.67. The van der Waals surface area contributed by atoms with E-state index < -0.39 is 66.2 Å². The van der Waals surface area contributed by atoms with Crippen molar-refractivity contribution in [1.82, 2.24) is 16.0 Å². The third-order valence-electron chi connectivity index (χ3n) is 4.02. The van der Waals surface area contributed by atoms with Crippen molar-refractivity contribution in [1.29, 1.82) is 0 Å². The molecule has 0 aliphatic rings. The lowest BCUT2D eigenvalue weighted by atomic mass is 10.1. The molecular formula is C17H29N5O8S. The van der Waals surface area contributed by atoms with Crippen LogP contribution in [0.5, 0.6) is 0 Å². The predicted molar refractivity (Wildman–Crippen MR) is 111 cm³/mol. The van der Waals surface area contributed by atoms with E-state index in [-0.39, 0.29) is 19.3 Å². The van der Waals surface area contributed by atoms with Crippen LogP contribution in [0.1, 0.15) is 32.6 Å². The van der Waals surface area contributed by atoms with Gasteiger partial charge in [0.1, 0.15) is 18.1 Å². The molecule has 176 valence electrons. The number of hydrogen-bond acceptors (Lipinski definition) is 8. The summed E-state index contributed by atoms with van der Waals surface area (Å²) in [7, 11) is 0. The first-order valence-corrected chi connectivity index (χ1v) is 10.7. The summed E-state index contributed by atoms with van der Waals surface area (Å²) in [6.45, 7) is 1.32. The molecule has 0 saturated carbocycles. The highest BCUT2D eigenvalue weighted by molar-refractivity contribution is 7.98. The van der Waals surface area contributed by atoms with E-state index in [1.54, 1.807) is 6.26 Å². The Morgan fingerprint density at radius 2 is 1.48 bits per heavy atom. The van der Waals surface area contributed by atoms with Gasteiger partial charge in [0.25, 0.3) is 0 Å². The van der Waals surface area contributed by atoms with Crippen LogP contribution in [-0.4, -0.2) is 82.0 Å². The minimum absolute atomic E-state index is 0.167. The van der Waals surface area contributed by atoms with E-state index in [4.69, 9.17) is 16.6 Å². The van der Waals surface area contributed by atoms with Gasteiger partial charge in [-0.2, -0.15) is 11.8 Å². The van der Waals surface area contributed by atoms with Crippen molar-refractivity contribution in [2.75, 3.05) is 12.0 Å². The summed E-state index contributed by atoms with van der Waals surface area (Å²) >= 11 is 1.39. The quantitative estimate of drug-likeness (QED) is 0.133. The molecule has 0 saturated heterocycles. The molecule has 4 unspecified atom stereocenters. The summed E-state index contributed by atoms with van der Waals surface area (Å²) in [5.41, 5.74) is 10.4. The second kappa shape index (κ2) is 14.2. The molecule has 0 aliphatic heterocycles. The molecule has 9 N–H and O–H groups in total. The molecule has 0 aliphatic carbocycles. The number of aliphatic carboxylic acids is 2. The molecule has 14 heteroatoms. The van der Waals surface area contributed by atoms with Crippen molar-refractivity contribution in [2.24, 2.45) is 11.5 Å². The highest BCUT2D eigenvalue weighted by Gasteiger charge is 2.29. The Hall–Kier alpha value is -2.87. The molecule has 0 aromatic carbocycles. The lowest BCUT2D eigenvalue weighted by molar-refractivity contribution is -0.142. The number of nitrogens with two attached hydrogens (primary N) is 2. The summed E-state index contributed by atoms with van der Waals surface area (Å²) in [5, 5.41) is 24.8. The summed E-state index contributed by atoms with van der Waals surface area (Å²) in [6.07, 6.45) is 0.851. The van der Waals surface area contributed by atoms with Gasteiger partial charge >= 0.3 is 11.9 Å². The molecule has 13 nitrogen and oxygen atoms in total. The minimum Gasteiger partial charge on any atom is -0.481 e. The van der Waals surface area contributed by atoms with E-state index in [9.17, 15) is 33.9 Å². The molecule has 0 aromatic rings. The summed E-state index contributed by atoms with van der Waals surface area (Å²) in [6, 6.07) is -4.98. The van der Waals surface area contributed by atoms with E-state index >= 15 is 0 Å². The van der Waals surface area contributed by atoms with E-state index in [2.05, 4.69) is 16.0 Å². The number of thioether (sulfide) groups is 1. The maximum Gasteiger partial charge on any atom is 0.326 e. The first-order valence-electron chi connectivity index (χ1n) is 9.27. The highest BCUT2D eigenvalue weighted by Crippen LogP contribution is 2.05. The first-order chi connectivity index (χ1) is 14.4. The van der Waals surface area contributed by atoms with Gasteiger partial charge in [0.15, 0.2) is 0 Å². The standard InChI is InChI=1S/C17H29N5O8S/c1-8(20-15(27)9(18)7-13(24)25)14(26)21-10(5-6-31-2)16(28)22-11(17(29)30)3-4-12(19)23/h8-11H,3-7,18H2,1-2H3,(H2,19,23)(H,20,27)(H,21,26)(H,22,28)(H,24,25)(H,29,30). The highest BCUT2D eigenvalue weighted by atomic mass is 32.2. The van der Waals surface area contributed by atoms with E-state index in [1.807, 2.05) is 0 Å². The fourth-order valence-electron chi connectivity index (χ4n) is 2.28. The average Bonchev–Trinajstić information content (AvgIpc) is 2.66. The molecule has 4 amide bonds. The molecule has 0 bridgehead atoms. The van der Waals surface area contributed by atoms with Crippen LogP contribution in [0.3, 0.4) is 0 Å². The van der Waals surface area contributed by atoms with E-state index in [0.29, 0.717) is 5.75 Å². The number of rotatable bonds is 15. The number of carboxylic acids is 2. The molecule has 0 aromatic heterocycles. The third-order valence-corrected chi connectivity index (χ3v) is 4.66. The van der Waals surface area contributed by atoms with Gasteiger partial charge in [0.2, 0.25) is 23.6 Å². The summed E-state index contributed by atoms with van der Waals surface area (Å²) in [4.78, 5) is 69.6. The van der Waals surface area contributed by atoms with Crippen molar-refractivity contribution in [3.8, 4) is 0 Å². The van der Waals surface area contributed by atoms with Crippen LogP contribution >= 0.6 is 11.8 Å². The van der Waals surface area contributed by atoms with E-state index in [0.717, 1.165) is 0 Å². The number of hydrogen-bond donors (Lipinski definition) is 7. The molecule has 0 fully saturated rings. The molecule has 4 atom stereocenters. The number of primary amides is 1.